The topological polar surface area (TPSA) is 90.2 Å². The molecule has 0 radical (unpaired) electrons. The number of benzene rings is 2. The van der Waals surface area contributed by atoms with Crippen LogP contribution in [0.4, 0.5) is 5.69 Å². The van der Waals surface area contributed by atoms with Crippen LogP contribution in [0.2, 0.25) is 0 Å². The zero-order chi connectivity index (χ0) is 21.9. The molecule has 0 saturated heterocycles. The highest BCUT2D eigenvalue weighted by Gasteiger charge is 2.57. The Hall–Kier alpha value is -3.94. The van der Waals surface area contributed by atoms with Gasteiger partial charge in [0.25, 0.3) is 0 Å². The molecular weight excluding hydrogens is 412 g/mol. The average Bonchev–Trinajstić information content (AvgIpc) is 3.55. The van der Waals surface area contributed by atoms with Crippen molar-refractivity contribution in [2.45, 2.75) is 18.9 Å². The molecule has 162 valence electrons. The van der Waals surface area contributed by atoms with Crippen LogP contribution in [0.15, 0.2) is 52.9 Å². The Kier molecular flexibility index (Phi) is 3.98. The number of nitrogens with one attached hydrogen (secondary N) is 1. The normalized spacial score (nSPS) is 19.8. The molecule has 1 atom stereocenters. The Labute approximate surface area is 183 Å². The molecule has 4 heterocycles. The number of para-hydroxylation sites is 1. The summed E-state index contributed by atoms with van der Waals surface area (Å²) in [6.07, 6.45) is 0. The summed E-state index contributed by atoms with van der Waals surface area (Å²) >= 11 is 0. The van der Waals surface area contributed by atoms with E-state index in [1.807, 2.05) is 49.4 Å². The van der Waals surface area contributed by atoms with Crippen LogP contribution in [0.3, 0.4) is 0 Å². The van der Waals surface area contributed by atoms with Gasteiger partial charge in [-0.05, 0) is 36.8 Å². The second kappa shape index (κ2) is 6.78. The highest BCUT2D eigenvalue weighted by Crippen LogP contribution is 2.54. The lowest BCUT2D eigenvalue weighted by atomic mass is 9.77. The Morgan fingerprint density at radius 1 is 1.03 bits per heavy atom. The molecular formula is C24H20N2O6. The number of ether oxygens (including phenoxy) is 3. The minimum Gasteiger partial charge on any atom is -0.491 e. The summed E-state index contributed by atoms with van der Waals surface area (Å²) in [5.41, 5.74) is 1.23. The molecule has 0 bridgehead atoms. The standard InChI is InChI=1S/C24H20N2O6/c1-14-6-7-15(32-14)10-25-22(27)11-26-18-5-3-2-4-16(18)24(23(26)28)12-29-19-9-21-20(8-17(19)24)30-13-31-21/h2-9H,10-13H2,1H3,(H,25,27). The minimum absolute atomic E-state index is 0.100. The molecule has 0 saturated carbocycles. The Balaban J connectivity index is 1.32. The number of nitrogens with zero attached hydrogens (tertiary/aromatic N) is 1. The first-order valence-electron chi connectivity index (χ1n) is 10.4. The maximum Gasteiger partial charge on any atom is 0.246 e. The van der Waals surface area contributed by atoms with Crippen LogP contribution < -0.4 is 24.4 Å². The van der Waals surface area contributed by atoms with Gasteiger partial charge in [-0.3, -0.25) is 9.59 Å². The number of hydrogen-bond donors (Lipinski definition) is 1. The SMILES string of the molecule is Cc1ccc(CNC(=O)CN2C(=O)C3(COc4cc5c(cc43)OCO5)c3ccccc32)o1. The third-order valence-electron chi connectivity index (χ3n) is 6.20. The first-order chi connectivity index (χ1) is 15.6. The van der Waals surface area contributed by atoms with Crippen molar-refractivity contribution in [2.24, 2.45) is 0 Å². The second-order valence-corrected chi connectivity index (χ2v) is 8.09. The molecule has 0 fully saturated rings. The zero-order valence-electron chi connectivity index (χ0n) is 17.3. The summed E-state index contributed by atoms with van der Waals surface area (Å²) in [4.78, 5) is 28.1. The van der Waals surface area contributed by atoms with Gasteiger partial charge < -0.3 is 28.8 Å². The smallest absolute Gasteiger partial charge is 0.246 e. The van der Waals surface area contributed by atoms with E-state index in [1.54, 1.807) is 6.07 Å². The maximum atomic E-state index is 13.8. The average molecular weight is 432 g/mol. The lowest BCUT2D eigenvalue weighted by Gasteiger charge is -2.23. The van der Waals surface area contributed by atoms with Gasteiger partial charge in [-0.2, -0.15) is 0 Å². The van der Waals surface area contributed by atoms with Crippen molar-refractivity contribution in [2.75, 3.05) is 24.8 Å². The summed E-state index contributed by atoms with van der Waals surface area (Å²) in [7, 11) is 0. The molecule has 2 amide bonds. The number of rotatable bonds is 4. The van der Waals surface area contributed by atoms with E-state index in [9.17, 15) is 9.59 Å². The molecule has 3 aliphatic heterocycles. The van der Waals surface area contributed by atoms with Crippen LogP contribution >= 0.6 is 0 Å². The first kappa shape index (κ1) is 18.8. The Morgan fingerprint density at radius 2 is 1.84 bits per heavy atom. The summed E-state index contributed by atoms with van der Waals surface area (Å²) in [6, 6.07) is 14.8. The number of carbonyl (C=O) groups excluding carboxylic acids is 2. The van der Waals surface area contributed by atoms with Gasteiger partial charge in [0.05, 0.1) is 6.54 Å². The van der Waals surface area contributed by atoms with Gasteiger partial charge in [0, 0.05) is 17.3 Å². The summed E-state index contributed by atoms with van der Waals surface area (Å²) in [5.74, 6) is 2.75. The Bertz CT molecular complexity index is 1270. The quantitative estimate of drug-likeness (QED) is 0.682. The van der Waals surface area contributed by atoms with Crippen molar-refractivity contribution in [3.63, 3.8) is 0 Å². The van der Waals surface area contributed by atoms with Crippen molar-refractivity contribution >= 4 is 17.5 Å². The van der Waals surface area contributed by atoms with Gasteiger partial charge in [0.2, 0.25) is 18.6 Å². The number of furan rings is 1. The zero-order valence-corrected chi connectivity index (χ0v) is 17.3. The van der Waals surface area contributed by atoms with Crippen molar-refractivity contribution in [1.82, 2.24) is 5.32 Å². The van der Waals surface area contributed by atoms with Crippen LogP contribution in [0.25, 0.3) is 0 Å². The molecule has 1 N–H and O–H groups in total. The second-order valence-electron chi connectivity index (χ2n) is 8.09. The van der Waals surface area contributed by atoms with E-state index in [0.717, 1.165) is 16.9 Å². The summed E-state index contributed by atoms with van der Waals surface area (Å²) in [6.45, 7) is 2.30. The van der Waals surface area contributed by atoms with Crippen LogP contribution in [-0.4, -0.2) is 31.8 Å². The number of aryl methyl sites for hydroxylation is 1. The first-order valence-corrected chi connectivity index (χ1v) is 10.4. The van der Waals surface area contributed by atoms with E-state index >= 15 is 0 Å². The van der Waals surface area contributed by atoms with E-state index in [4.69, 9.17) is 18.6 Å². The third-order valence-corrected chi connectivity index (χ3v) is 6.20. The van der Waals surface area contributed by atoms with Gasteiger partial charge in [0.1, 0.15) is 35.8 Å². The van der Waals surface area contributed by atoms with Crippen LogP contribution in [0.1, 0.15) is 22.6 Å². The van der Waals surface area contributed by atoms with Crippen LogP contribution in [0, 0.1) is 6.92 Å². The Morgan fingerprint density at radius 3 is 2.66 bits per heavy atom. The number of amides is 2. The van der Waals surface area contributed by atoms with Gasteiger partial charge >= 0.3 is 0 Å². The number of carbonyl (C=O) groups is 2. The molecule has 1 spiro atoms. The van der Waals surface area contributed by atoms with Gasteiger partial charge in [-0.1, -0.05) is 18.2 Å². The van der Waals surface area contributed by atoms with Crippen LogP contribution in [-0.2, 0) is 21.5 Å². The highest BCUT2D eigenvalue weighted by atomic mass is 16.7. The molecule has 8 nitrogen and oxygen atoms in total. The van der Waals surface area contributed by atoms with Crippen molar-refractivity contribution in [3.05, 3.63) is 71.2 Å². The van der Waals surface area contributed by atoms with Crippen LogP contribution in [0.5, 0.6) is 17.2 Å². The molecule has 6 rings (SSSR count). The van der Waals surface area contributed by atoms with Gasteiger partial charge in [-0.25, -0.2) is 0 Å². The summed E-state index contributed by atoms with van der Waals surface area (Å²) in [5, 5.41) is 2.83. The highest BCUT2D eigenvalue weighted by molar-refractivity contribution is 6.13. The fraction of sp³-hybridized carbons (Fsp3) is 0.250. The molecule has 0 aliphatic carbocycles. The molecule has 1 unspecified atom stereocenters. The molecule has 2 aromatic carbocycles. The van der Waals surface area contributed by atoms with E-state index < -0.39 is 5.41 Å². The lowest BCUT2D eigenvalue weighted by Crippen LogP contribution is -2.46. The van der Waals surface area contributed by atoms with E-state index in [-0.39, 0.29) is 38.3 Å². The lowest BCUT2D eigenvalue weighted by molar-refractivity contribution is -0.125. The molecule has 32 heavy (non-hydrogen) atoms. The van der Waals surface area contributed by atoms with Crippen molar-refractivity contribution < 1.29 is 28.2 Å². The predicted molar refractivity (Wildman–Crippen MR) is 113 cm³/mol. The van der Waals surface area contributed by atoms with E-state index in [1.165, 1.54) is 4.90 Å². The predicted octanol–water partition coefficient (Wildman–Crippen LogP) is 2.66. The van der Waals surface area contributed by atoms with Gasteiger partial charge in [0.15, 0.2) is 11.5 Å². The van der Waals surface area contributed by atoms with Crippen molar-refractivity contribution in [3.8, 4) is 17.2 Å². The monoisotopic (exact) mass is 432 g/mol. The number of fused-ring (bicyclic) bond motifs is 5. The summed E-state index contributed by atoms with van der Waals surface area (Å²) < 4.78 is 22.4. The third kappa shape index (κ3) is 2.62. The number of hydrogen-bond acceptors (Lipinski definition) is 6. The molecule has 1 aromatic heterocycles. The molecule has 8 heteroatoms. The number of anilines is 1. The molecule has 3 aliphatic rings. The van der Waals surface area contributed by atoms with E-state index in [0.29, 0.717) is 28.7 Å². The largest absolute Gasteiger partial charge is 0.491 e. The minimum atomic E-state index is -1.02. The maximum absolute atomic E-state index is 13.8. The van der Waals surface area contributed by atoms with Crippen molar-refractivity contribution in [1.29, 1.82) is 0 Å². The fourth-order valence-electron chi connectivity index (χ4n) is 4.69. The van der Waals surface area contributed by atoms with Gasteiger partial charge in [-0.15, -0.1) is 0 Å². The molecule has 3 aromatic rings. The van der Waals surface area contributed by atoms with E-state index in [2.05, 4.69) is 5.32 Å². The fourth-order valence-corrected chi connectivity index (χ4v) is 4.69.